The Kier molecular flexibility index (Phi) is 3.61. The Morgan fingerprint density at radius 2 is 2.22 bits per heavy atom. The molecule has 1 aromatic rings. The van der Waals surface area contributed by atoms with Crippen LogP contribution in [0, 0.1) is 17.0 Å². The molecule has 5 heteroatoms. The van der Waals surface area contributed by atoms with E-state index in [9.17, 15) is 13.6 Å². The molecule has 0 bridgehead atoms. The fraction of sp³-hybridized carbons (Fsp3) is 0.462. The van der Waals surface area contributed by atoms with E-state index in [1.807, 2.05) is 6.92 Å². The smallest absolute Gasteiger partial charge is 0.227 e. The monoisotopic (exact) mass is 254 g/mol. The summed E-state index contributed by atoms with van der Waals surface area (Å²) in [5.41, 5.74) is 0.148. The first-order valence-corrected chi connectivity index (χ1v) is 5.94. The van der Waals surface area contributed by atoms with Gasteiger partial charge in [-0.25, -0.2) is 8.78 Å². The third-order valence-electron chi connectivity index (χ3n) is 3.35. The Morgan fingerprint density at radius 3 is 2.83 bits per heavy atom. The number of hydrogen-bond donors (Lipinski definition) is 2. The van der Waals surface area contributed by atoms with Gasteiger partial charge >= 0.3 is 0 Å². The van der Waals surface area contributed by atoms with Gasteiger partial charge in [0.05, 0.1) is 5.41 Å². The maximum atomic E-state index is 13.0. The normalized spacial score (nSPS) is 23.1. The van der Waals surface area contributed by atoms with Crippen LogP contribution in [0.4, 0.5) is 8.78 Å². The van der Waals surface area contributed by atoms with Crippen molar-refractivity contribution in [2.75, 3.05) is 13.1 Å². The topological polar surface area (TPSA) is 41.1 Å². The average molecular weight is 254 g/mol. The quantitative estimate of drug-likeness (QED) is 0.860. The lowest BCUT2D eigenvalue weighted by molar-refractivity contribution is -0.129. The van der Waals surface area contributed by atoms with Crippen LogP contribution in [0.2, 0.25) is 0 Å². The van der Waals surface area contributed by atoms with Crippen molar-refractivity contribution >= 4 is 5.91 Å². The molecule has 1 atom stereocenters. The first-order chi connectivity index (χ1) is 8.51. The summed E-state index contributed by atoms with van der Waals surface area (Å²) in [5, 5.41) is 5.90. The van der Waals surface area contributed by atoms with Crippen LogP contribution in [0.25, 0.3) is 0 Å². The molecule has 1 saturated heterocycles. The van der Waals surface area contributed by atoms with E-state index in [4.69, 9.17) is 0 Å². The maximum absolute atomic E-state index is 13.0. The third-order valence-corrected chi connectivity index (χ3v) is 3.35. The molecule has 2 N–H and O–H groups in total. The summed E-state index contributed by atoms with van der Waals surface area (Å²) in [6.45, 7) is 3.59. The fourth-order valence-electron chi connectivity index (χ4n) is 2.06. The third kappa shape index (κ3) is 2.67. The molecule has 0 aliphatic carbocycles. The van der Waals surface area contributed by atoms with E-state index in [1.54, 1.807) is 0 Å². The fourth-order valence-corrected chi connectivity index (χ4v) is 2.06. The molecule has 1 heterocycles. The van der Waals surface area contributed by atoms with Gasteiger partial charge < -0.3 is 10.6 Å². The highest BCUT2D eigenvalue weighted by molar-refractivity contribution is 5.82. The number of halogens is 2. The Hall–Kier alpha value is -1.49. The summed E-state index contributed by atoms with van der Waals surface area (Å²) in [6, 6.07) is 3.63. The minimum absolute atomic E-state index is 0.0581. The predicted octanol–water partition coefficient (Wildman–Crippen LogP) is 1.58. The van der Waals surface area contributed by atoms with Crippen LogP contribution in [0.3, 0.4) is 0 Å². The number of rotatable bonds is 3. The molecule has 1 amide bonds. The highest BCUT2D eigenvalue weighted by Crippen LogP contribution is 2.24. The van der Waals surface area contributed by atoms with E-state index in [0.717, 1.165) is 25.1 Å². The molecule has 1 aliphatic rings. The van der Waals surface area contributed by atoms with Crippen molar-refractivity contribution in [3.05, 3.63) is 35.4 Å². The number of benzene rings is 1. The van der Waals surface area contributed by atoms with Gasteiger partial charge in [-0.3, -0.25) is 4.79 Å². The first kappa shape index (κ1) is 13.0. The van der Waals surface area contributed by atoms with Crippen LogP contribution < -0.4 is 10.6 Å². The molecule has 18 heavy (non-hydrogen) atoms. The molecule has 0 radical (unpaired) electrons. The Balaban J connectivity index is 1.95. The van der Waals surface area contributed by atoms with Gasteiger partial charge in [-0.2, -0.15) is 0 Å². The van der Waals surface area contributed by atoms with Crippen LogP contribution >= 0.6 is 0 Å². The molecule has 2 rings (SSSR count). The van der Waals surface area contributed by atoms with Gasteiger partial charge in [0.15, 0.2) is 11.6 Å². The van der Waals surface area contributed by atoms with Gasteiger partial charge in [0.25, 0.3) is 0 Å². The summed E-state index contributed by atoms with van der Waals surface area (Å²) in [5.74, 6) is -1.83. The lowest BCUT2D eigenvalue weighted by Crippen LogP contribution is -2.40. The highest BCUT2D eigenvalue weighted by atomic mass is 19.2. The van der Waals surface area contributed by atoms with Gasteiger partial charge in [-0.1, -0.05) is 6.07 Å². The molecule has 0 saturated carbocycles. The van der Waals surface area contributed by atoms with E-state index >= 15 is 0 Å². The standard InChI is InChI=1S/C13H16F2N2O/c1-13(4-5-16-8-13)12(18)17-7-9-2-3-10(14)11(15)6-9/h2-3,6,16H,4-5,7-8H2,1H3,(H,17,18). The van der Waals surface area contributed by atoms with Crippen molar-refractivity contribution in [3.63, 3.8) is 0 Å². The van der Waals surface area contributed by atoms with Gasteiger partial charge in [0.1, 0.15) is 0 Å². The molecule has 1 aromatic carbocycles. The minimum Gasteiger partial charge on any atom is -0.352 e. The van der Waals surface area contributed by atoms with E-state index in [-0.39, 0.29) is 12.5 Å². The average Bonchev–Trinajstić information content (AvgIpc) is 2.79. The van der Waals surface area contributed by atoms with Crippen molar-refractivity contribution < 1.29 is 13.6 Å². The second-order valence-corrected chi connectivity index (χ2v) is 4.92. The largest absolute Gasteiger partial charge is 0.352 e. The molecule has 3 nitrogen and oxygen atoms in total. The van der Waals surface area contributed by atoms with Crippen molar-refractivity contribution in [2.24, 2.45) is 5.41 Å². The summed E-state index contributed by atoms with van der Waals surface area (Å²) >= 11 is 0. The van der Waals surface area contributed by atoms with Crippen molar-refractivity contribution in [1.29, 1.82) is 0 Å². The summed E-state index contributed by atoms with van der Waals surface area (Å²) in [6.07, 6.45) is 0.788. The van der Waals surface area contributed by atoms with Crippen LogP contribution in [0.5, 0.6) is 0 Å². The molecule has 0 aromatic heterocycles. The number of carbonyl (C=O) groups is 1. The zero-order valence-electron chi connectivity index (χ0n) is 10.2. The molecule has 1 fully saturated rings. The second kappa shape index (κ2) is 5.02. The summed E-state index contributed by atoms with van der Waals surface area (Å²) < 4.78 is 25.7. The van der Waals surface area contributed by atoms with E-state index in [0.29, 0.717) is 12.1 Å². The van der Waals surface area contributed by atoms with Crippen molar-refractivity contribution in [2.45, 2.75) is 19.9 Å². The second-order valence-electron chi connectivity index (χ2n) is 4.92. The maximum Gasteiger partial charge on any atom is 0.227 e. The van der Waals surface area contributed by atoms with Crippen molar-refractivity contribution in [1.82, 2.24) is 10.6 Å². The van der Waals surface area contributed by atoms with E-state index in [2.05, 4.69) is 10.6 Å². The Bertz CT molecular complexity index is 456. The molecule has 1 aliphatic heterocycles. The van der Waals surface area contributed by atoms with Crippen LogP contribution in [0.15, 0.2) is 18.2 Å². The number of amides is 1. The van der Waals surface area contributed by atoms with Crippen LogP contribution in [-0.2, 0) is 11.3 Å². The molecule has 1 unspecified atom stereocenters. The molecule has 0 spiro atoms. The number of nitrogens with one attached hydrogen (secondary N) is 2. The molecular formula is C13H16F2N2O. The molecule has 98 valence electrons. The van der Waals surface area contributed by atoms with Gasteiger partial charge in [0, 0.05) is 13.1 Å². The van der Waals surface area contributed by atoms with E-state index < -0.39 is 17.0 Å². The Morgan fingerprint density at radius 1 is 1.44 bits per heavy atom. The Labute approximate surface area is 105 Å². The lowest BCUT2D eigenvalue weighted by Gasteiger charge is -2.21. The summed E-state index contributed by atoms with van der Waals surface area (Å²) in [7, 11) is 0. The van der Waals surface area contributed by atoms with Gasteiger partial charge in [-0.05, 0) is 37.6 Å². The number of carbonyl (C=O) groups excluding carboxylic acids is 1. The zero-order valence-corrected chi connectivity index (χ0v) is 10.2. The van der Waals surface area contributed by atoms with Gasteiger partial charge in [0.2, 0.25) is 5.91 Å². The minimum atomic E-state index is -0.893. The first-order valence-electron chi connectivity index (χ1n) is 5.94. The van der Waals surface area contributed by atoms with Gasteiger partial charge in [-0.15, -0.1) is 0 Å². The highest BCUT2D eigenvalue weighted by Gasteiger charge is 2.35. The lowest BCUT2D eigenvalue weighted by atomic mass is 9.89. The van der Waals surface area contributed by atoms with Crippen LogP contribution in [0.1, 0.15) is 18.9 Å². The molecular weight excluding hydrogens is 238 g/mol. The summed E-state index contributed by atoms with van der Waals surface area (Å²) in [4.78, 5) is 12.0. The van der Waals surface area contributed by atoms with Crippen molar-refractivity contribution in [3.8, 4) is 0 Å². The van der Waals surface area contributed by atoms with E-state index in [1.165, 1.54) is 6.07 Å². The predicted molar refractivity (Wildman–Crippen MR) is 63.8 cm³/mol. The van der Waals surface area contributed by atoms with Crippen LogP contribution in [-0.4, -0.2) is 19.0 Å². The SMILES string of the molecule is CC1(C(=O)NCc2ccc(F)c(F)c2)CCNC1. The zero-order chi connectivity index (χ0) is 13.2. The number of hydrogen-bond acceptors (Lipinski definition) is 2.